The summed E-state index contributed by atoms with van der Waals surface area (Å²) in [5, 5.41) is 17.3. The van der Waals surface area contributed by atoms with E-state index in [1.807, 2.05) is 0 Å². The molecule has 4 N–H and O–H groups in total. The second kappa shape index (κ2) is 7.04. The first-order chi connectivity index (χ1) is 9.73. The van der Waals surface area contributed by atoms with Crippen molar-refractivity contribution in [2.45, 2.75) is 17.7 Å². The Labute approximate surface area is 121 Å². The van der Waals surface area contributed by atoms with E-state index in [4.69, 9.17) is 15.9 Å². The summed E-state index contributed by atoms with van der Waals surface area (Å²) < 4.78 is 25.6. The second-order valence-corrected chi connectivity index (χ2v) is 6.20. The van der Waals surface area contributed by atoms with Crippen molar-refractivity contribution in [3.63, 3.8) is 0 Å². The molecule has 0 aliphatic heterocycles. The highest BCUT2D eigenvalue weighted by atomic mass is 32.2. The van der Waals surface area contributed by atoms with Crippen LogP contribution >= 0.6 is 0 Å². The van der Waals surface area contributed by atoms with E-state index in [9.17, 15) is 18.0 Å². The molecule has 0 spiro atoms. The van der Waals surface area contributed by atoms with Crippen molar-refractivity contribution in [3.8, 4) is 0 Å². The first kappa shape index (κ1) is 16.9. The molecule has 0 aliphatic carbocycles. The molecule has 0 aliphatic rings. The molecule has 0 fully saturated rings. The van der Waals surface area contributed by atoms with Crippen LogP contribution in [0.2, 0.25) is 0 Å². The lowest BCUT2D eigenvalue weighted by atomic mass is 10.3. The number of nitrogen functional groups attached to an aromatic ring is 1. The summed E-state index contributed by atoms with van der Waals surface area (Å²) in [6, 6.07) is 5.39. The Morgan fingerprint density at radius 1 is 1.00 bits per heavy atom. The van der Waals surface area contributed by atoms with Gasteiger partial charge in [0.05, 0.1) is 17.7 Å². The molecule has 9 heteroatoms. The van der Waals surface area contributed by atoms with E-state index in [1.54, 1.807) is 0 Å². The summed E-state index contributed by atoms with van der Waals surface area (Å²) in [7, 11) is -3.96. The van der Waals surface area contributed by atoms with Crippen LogP contribution in [0.1, 0.15) is 12.8 Å². The second-order valence-electron chi connectivity index (χ2n) is 4.26. The van der Waals surface area contributed by atoms with Gasteiger partial charge in [-0.15, -0.1) is 0 Å². The fraction of sp³-hybridized carbons (Fsp3) is 0.333. The lowest BCUT2D eigenvalue weighted by Crippen LogP contribution is -2.34. The van der Waals surface area contributed by atoms with E-state index >= 15 is 0 Å². The number of rotatable bonds is 8. The van der Waals surface area contributed by atoms with Gasteiger partial charge in [-0.05, 0) is 24.3 Å². The van der Waals surface area contributed by atoms with Crippen LogP contribution in [0.3, 0.4) is 0 Å². The van der Waals surface area contributed by atoms with Crippen LogP contribution in [0, 0.1) is 0 Å². The van der Waals surface area contributed by atoms with E-state index < -0.39 is 34.8 Å². The first-order valence-corrected chi connectivity index (χ1v) is 7.47. The Bertz CT molecular complexity index is 593. The Balaban J connectivity index is 3.00. The van der Waals surface area contributed by atoms with E-state index in [-0.39, 0.29) is 18.0 Å². The molecule has 1 rings (SSSR count). The third-order valence-electron chi connectivity index (χ3n) is 2.67. The van der Waals surface area contributed by atoms with Crippen molar-refractivity contribution < 1.29 is 28.2 Å². The average Bonchev–Trinajstić information content (AvgIpc) is 2.38. The predicted octanol–water partition coefficient (Wildman–Crippen LogP) is 0.209. The van der Waals surface area contributed by atoms with Crippen LogP contribution in [-0.4, -0.2) is 48.0 Å². The molecule has 1 aromatic rings. The third kappa shape index (κ3) is 5.04. The molecule has 0 saturated heterocycles. The van der Waals surface area contributed by atoms with Crippen LogP contribution in [0.5, 0.6) is 0 Å². The van der Waals surface area contributed by atoms with Crippen LogP contribution in [0.25, 0.3) is 0 Å². The van der Waals surface area contributed by atoms with Gasteiger partial charge in [-0.25, -0.2) is 8.42 Å². The number of aliphatic carboxylic acids is 2. The summed E-state index contributed by atoms with van der Waals surface area (Å²) in [6.07, 6.45) is -0.818. The van der Waals surface area contributed by atoms with Crippen molar-refractivity contribution >= 4 is 27.6 Å². The predicted molar refractivity (Wildman–Crippen MR) is 74.1 cm³/mol. The normalized spacial score (nSPS) is 11.5. The minimum Gasteiger partial charge on any atom is -0.481 e. The van der Waals surface area contributed by atoms with Crippen molar-refractivity contribution in [3.05, 3.63) is 24.3 Å². The summed E-state index contributed by atoms with van der Waals surface area (Å²) in [4.78, 5) is 21.1. The summed E-state index contributed by atoms with van der Waals surface area (Å²) >= 11 is 0. The molecule has 0 aromatic heterocycles. The number of nitrogens with zero attached hydrogens (tertiary/aromatic N) is 1. The zero-order valence-corrected chi connectivity index (χ0v) is 11.9. The summed E-state index contributed by atoms with van der Waals surface area (Å²) in [5.74, 6) is -2.33. The number of carboxylic acids is 2. The van der Waals surface area contributed by atoms with Gasteiger partial charge in [0.2, 0.25) is 10.0 Å². The molecule has 0 heterocycles. The highest BCUT2D eigenvalue weighted by molar-refractivity contribution is 7.89. The fourth-order valence-corrected chi connectivity index (χ4v) is 3.02. The number of benzene rings is 1. The molecule has 0 bridgehead atoms. The average molecular weight is 316 g/mol. The molecule has 0 radical (unpaired) electrons. The molecule has 0 unspecified atom stereocenters. The minimum absolute atomic E-state index is 0.0625. The Kier molecular flexibility index (Phi) is 5.68. The molecule has 116 valence electrons. The maximum Gasteiger partial charge on any atom is 0.304 e. The topological polar surface area (TPSA) is 138 Å². The van der Waals surface area contributed by atoms with Crippen LogP contribution in [0.15, 0.2) is 29.2 Å². The number of carboxylic acid groups (broad SMARTS) is 2. The molecular formula is C12H16N2O6S. The smallest absolute Gasteiger partial charge is 0.304 e. The number of carbonyl (C=O) groups is 2. The van der Waals surface area contributed by atoms with Gasteiger partial charge in [0.15, 0.2) is 0 Å². The van der Waals surface area contributed by atoms with Gasteiger partial charge in [-0.2, -0.15) is 4.31 Å². The molecule has 8 nitrogen and oxygen atoms in total. The number of hydrogen-bond donors (Lipinski definition) is 3. The number of nitrogens with two attached hydrogens (primary N) is 1. The highest BCUT2D eigenvalue weighted by Gasteiger charge is 2.25. The molecule has 0 amide bonds. The quantitative estimate of drug-likeness (QED) is 0.583. The molecule has 21 heavy (non-hydrogen) atoms. The van der Waals surface area contributed by atoms with Crippen molar-refractivity contribution in [2.75, 3.05) is 18.8 Å². The first-order valence-electron chi connectivity index (χ1n) is 6.03. The van der Waals surface area contributed by atoms with Gasteiger partial charge in [0.25, 0.3) is 0 Å². The molecule has 0 saturated carbocycles. The molecular weight excluding hydrogens is 300 g/mol. The van der Waals surface area contributed by atoms with Crippen LogP contribution in [-0.2, 0) is 19.6 Å². The standard InChI is InChI=1S/C12H16N2O6S/c13-9-1-3-10(4-2-9)21(19,20)14(7-5-11(15)16)8-6-12(17)18/h1-4H,5-8,13H2,(H,15,16)(H,17,18). The third-order valence-corrected chi connectivity index (χ3v) is 4.58. The summed E-state index contributed by atoms with van der Waals surface area (Å²) in [5.41, 5.74) is 5.86. The van der Waals surface area contributed by atoms with E-state index in [2.05, 4.69) is 0 Å². The zero-order valence-electron chi connectivity index (χ0n) is 11.1. The lowest BCUT2D eigenvalue weighted by Gasteiger charge is -2.20. The monoisotopic (exact) mass is 316 g/mol. The van der Waals surface area contributed by atoms with Crippen molar-refractivity contribution in [1.29, 1.82) is 0 Å². The number of hydrogen-bond acceptors (Lipinski definition) is 5. The molecule has 0 atom stereocenters. The largest absolute Gasteiger partial charge is 0.481 e. The lowest BCUT2D eigenvalue weighted by molar-refractivity contribution is -0.137. The number of sulfonamides is 1. The Hall–Kier alpha value is -2.13. The maximum atomic E-state index is 12.4. The van der Waals surface area contributed by atoms with Crippen LogP contribution < -0.4 is 5.73 Å². The van der Waals surface area contributed by atoms with Gasteiger partial charge in [-0.3, -0.25) is 9.59 Å². The van der Waals surface area contributed by atoms with Gasteiger partial charge in [0, 0.05) is 18.8 Å². The Morgan fingerprint density at radius 2 is 1.43 bits per heavy atom. The fourth-order valence-electron chi connectivity index (χ4n) is 1.58. The van der Waals surface area contributed by atoms with Crippen molar-refractivity contribution in [2.24, 2.45) is 0 Å². The Morgan fingerprint density at radius 3 is 1.81 bits per heavy atom. The molecule has 1 aromatic carbocycles. The van der Waals surface area contributed by atoms with E-state index in [1.165, 1.54) is 24.3 Å². The van der Waals surface area contributed by atoms with Gasteiger partial charge < -0.3 is 15.9 Å². The zero-order chi connectivity index (χ0) is 16.0. The van der Waals surface area contributed by atoms with Gasteiger partial charge in [0.1, 0.15) is 0 Å². The highest BCUT2D eigenvalue weighted by Crippen LogP contribution is 2.18. The van der Waals surface area contributed by atoms with Crippen molar-refractivity contribution in [1.82, 2.24) is 4.31 Å². The van der Waals surface area contributed by atoms with E-state index in [0.29, 0.717) is 5.69 Å². The summed E-state index contributed by atoms with van der Waals surface area (Å²) in [6.45, 7) is -0.593. The minimum atomic E-state index is -3.96. The van der Waals surface area contributed by atoms with Gasteiger partial charge >= 0.3 is 11.9 Å². The number of anilines is 1. The van der Waals surface area contributed by atoms with Crippen LogP contribution in [0.4, 0.5) is 5.69 Å². The SMILES string of the molecule is Nc1ccc(S(=O)(=O)N(CCC(=O)O)CCC(=O)O)cc1. The maximum absolute atomic E-state index is 12.4. The van der Waals surface area contributed by atoms with E-state index in [0.717, 1.165) is 4.31 Å². The van der Waals surface area contributed by atoms with Gasteiger partial charge in [-0.1, -0.05) is 0 Å².